The van der Waals surface area contributed by atoms with Crippen molar-refractivity contribution in [1.29, 1.82) is 0 Å². The summed E-state index contributed by atoms with van der Waals surface area (Å²) in [7, 11) is 0. The average Bonchev–Trinajstić information content (AvgIpc) is 2.96. The first-order valence-electron chi connectivity index (χ1n) is 6.06. The van der Waals surface area contributed by atoms with E-state index in [4.69, 9.17) is 4.74 Å². The number of fused-ring (bicyclic) bond motifs is 1. The molecule has 0 spiro atoms. The number of hydrogen-bond acceptors (Lipinski definition) is 6. The van der Waals surface area contributed by atoms with Crippen LogP contribution in [-0.4, -0.2) is 41.9 Å². The van der Waals surface area contributed by atoms with Gasteiger partial charge in [-0.3, -0.25) is 19.7 Å². The molecule has 9 nitrogen and oxygen atoms in total. The van der Waals surface area contributed by atoms with Crippen molar-refractivity contribution in [3.63, 3.8) is 0 Å². The Kier molecular flexibility index (Phi) is 2.82. The third-order valence-electron chi connectivity index (χ3n) is 3.30. The minimum Gasteiger partial charge on any atom is -0.442 e. The van der Waals surface area contributed by atoms with E-state index in [2.05, 4.69) is 5.32 Å². The molecular formula is C12H9N3O6. The van der Waals surface area contributed by atoms with Gasteiger partial charge in [0.25, 0.3) is 17.4 Å². The number of nitrogens with zero attached hydrogens (tertiary/aromatic N) is 2. The molecule has 0 aliphatic carbocycles. The molecule has 9 heteroatoms. The maximum Gasteiger partial charge on any atom is 0.407 e. The monoisotopic (exact) mass is 291 g/mol. The number of rotatable bonds is 3. The van der Waals surface area contributed by atoms with Gasteiger partial charge in [-0.2, -0.15) is 0 Å². The molecule has 2 aliphatic rings. The molecule has 2 heterocycles. The Morgan fingerprint density at radius 3 is 2.76 bits per heavy atom. The number of benzene rings is 1. The summed E-state index contributed by atoms with van der Waals surface area (Å²) < 4.78 is 4.92. The molecule has 0 radical (unpaired) electrons. The highest BCUT2D eigenvalue weighted by molar-refractivity contribution is 6.52. The van der Waals surface area contributed by atoms with E-state index in [1.54, 1.807) is 0 Å². The van der Waals surface area contributed by atoms with Crippen LogP contribution in [0.1, 0.15) is 10.4 Å². The van der Waals surface area contributed by atoms with Crippen LogP contribution in [0, 0.1) is 10.1 Å². The van der Waals surface area contributed by atoms with E-state index in [0.717, 1.165) is 6.07 Å². The summed E-state index contributed by atoms with van der Waals surface area (Å²) in [6, 6.07) is 3.64. The largest absolute Gasteiger partial charge is 0.442 e. The molecule has 0 saturated carbocycles. The highest BCUT2D eigenvalue weighted by atomic mass is 16.6. The molecule has 2 amide bonds. The second-order valence-corrected chi connectivity index (χ2v) is 4.61. The normalized spacial score (nSPS) is 20.3. The first-order valence-corrected chi connectivity index (χ1v) is 6.06. The number of ketones is 1. The lowest BCUT2D eigenvalue weighted by molar-refractivity contribution is -0.384. The Morgan fingerprint density at radius 1 is 1.38 bits per heavy atom. The zero-order chi connectivity index (χ0) is 15.1. The van der Waals surface area contributed by atoms with Gasteiger partial charge in [-0.25, -0.2) is 4.79 Å². The number of ether oxygens (including phenoxy) is 1. The number of alkyl carbamates (subject to hydrolysis) is 1. The zero-order valence-corrected chi connectivity index (χ0v) is 10.6. The van der Waals surface area contributed by atoms with Gasteiger partial charge >= 0.3 is 6.09 Å². The first-order chi connectivity index (χ1) is 9.97. The van der Waals surface area contributed by atoms with Gasteiger partial charge in [0.05, 0.1) is 29.3 Å². The second-order valence-electron chi connectivity index (χ2n) is 4.61. The molecule has 1 saturated heterocycles. The Balaban J connectivity index is 1.91. The van der Waals surface area contributed by atoms with Crippen LogP contribution < -0.4 is 10.2 Å². The topological polar surface area (TPSA) is 119 Å². The summed E-state index contributed by atoms with van der Waals surface area (Å²) in [5.41, 5.74) is 0.0238. The van der Waals surface area contributed by atoms with Gasteiger partial charge < -0.3 is 15.0 Å². The van der Waals surface area contributed by atoms with Gasteiger partial charge in [0.1, 0.15) is 6.10 Å². The number of non-ortho nitro benzene ring substituents is 1. The number of cyclic esters (lactones) is 1. The average molecular weight is 291 g/mol. The summed E-state index contributed by atoms with van der Waals surface area (Å²) in [6.07, 6.45) is -1.14. The van der Waals surface area contributed by atoms with Crippen LogP contribution >= 0.6 is 0 Å². The molecule has 1 atom stereocenters. The molecule has 1 fully saturated rings. The molecule has 1 N–H and O–H groups in total. The lowest BCUT2D eigenvalue weighted by atomic mass is 10.1. The van der Waals surface area contributed by atoms with Crippen LogP contribution in [0.5, 0.6) is 0 Å². The minimum absolute atomic E-state index is 0.00789. The van der Waals surface area contributed by atoms with E-state index >= 15 is 0 Å². The van der Waals surface area contributed by atoms with E-state index in [0.29, 0.717) is 5.69 Å². The van der Waals surface area contributed by atoms with Crippen molar-refractivity contribution in [3.05, 3.63) is 33.9 Å². The number of anilines is 1. The van der Waals surface area contributed by atoms with Crippen LogP contribution in [0.15, 0.2) is 18.2 Å². The van der Waals surface area contributed by atoms with Gasteiger partial charge in [-0.05, 0) is 6.07 Å². The number of carbonyl (C=O) groups is 3. The molecule has 1 aromatic rings. The summed E-state index contributed by atoms with van der Waals surface area (Å²) in [4.78, 5) is 46.1. The number of amides is 2. The lowest BCUT2D eigenvalue weighted by Gasteiger charge is -2.19. The minimum atomic E-state index is -0.800. The van der Waals surface area contributed by atoms with Crippen LogP contribution in [-0.2, 0) is 9.53 Å². The molecule has 108 valence electrons. The van der Waals surface area contributed by atoms with Gasteiger partial charge in [0.2, 0.25) is 0 Å². The van der Waals surface area contributed by atoms with Crippen molar-refractivity contribution in [2.24, 2.45) is 0 Å². The van der Waals surface area contributed by atoms with Crippen LogP contribution in [0.2, 0.25) is 0 Å². The summed E-state index contributed by atoms with van der Waals surface area (Å²) in [5, 5.41) is 13.2. The standard InChI is InChI=1S/C12H9N3O6/c16-10-8-3-6(15(19)20)1-2-9(8)14(11(10)17)5-7-4-13-12(18)21-7/h1-3,7H,4-5H2,(H,13,18). The fourth-order valence-electron chi connectivity index (χ4n) is 2.32. The first kappa shape index (κ1) is 13.0. The quantitative estimate of drug-likeness (QED) is 0.484. The number of Topliss-reactive ketones (excluding diaryl/α,β-unsaturated/α-hetero) is 1. The Bertz CT molecular complexity index is 686. The third kappa shape index (κ3) is 2.08. The highest BCUT2D eigenvalue weighted by Gasteiger charge is 2.39. The van der Waals surface area contributed by atoms with E-state index in [1.165, 1.54) is 17.0 Å². The molecule has 0 bridgehead atoms. The van der Waals surface area contributed by atoms with Crippen molar-refractivity contribution < 1.29 is 24.0 Å². The van der Waals surface area contributed by atoms with Gasteiger partial charge in [-0.1, -0.05) is 0 Å². The number of carbonyl (C=O) groups excluding carboxylic acids is 3. The molecular weight excluding hydrogens is 282 g/mol. The third-order valence-corrected chi connectivity index (χ3v) is 3.30. The Hall–Kier alpha value is -2.97. The van der Waals surface area contributed by atoms with E-state index in [9.17, 15) is 24.5 Å². The molecule has 0 aromatic heterocycles. The summed E-state index contributed by atoms with van der Waals surface area (Å²) >= 11 is 0. The number of nitro groups is 1. The van der Waals surface area contributed by atoms with Crippen LogP contribution in [0.3, 0.4) is 0 Å². The molecule has 1 unspecified atom stereocenters. The molecule has 2 aliphatic heterocycles. The Morgan fingerprint density at radius 2 is 2.14 bits per heavy atom. The van der Waals surface area contributed by atoms with Crippen molar-refractivity contribution in [1.82, 2.24) is 5.32 Å². The van der Waals surface area contributed by atoms with Crippen molar-refractivity contribution in [2.45, 2.75) is 6.10 Å². The van der Waals surface area contributed by atoms with E-state index < -0.39 is 28.8 Å². The second kappa shape index (κ2) is 4.54. The number of nitrogens with one attached hydrogen (secondary N) is 1. The van der Waals surface area contributed by atoms with Crippen molar-refractivity contribution in [3.8, 4) is 0 Å². The van der Waals surface area contributed by atoms with E-state index in [1.807, 2.05) is 0 Å². The number of nitro benzene ring substituents is 1. The SMILES string of the molecule is O=C1NCC(CN2C(=O)C(=O)c3cc([N+](=O)[O-])ccc32)O1. The predicted molar refractivity (Wildman–Crippen MR) is 68.1 cm³/mol. The molecule has 21 heavy (non-hydrogen) atoms. The zero-order valence-electron chi connectivity index (χ0n) is 10.6. The molecule has 3 rings (SSSR count). The maximum atomic E-state index is 12.0. The fourth-order valence-corrected chi connectivity index (χ4v) is 2.32. The van der Waals surface area contributed by atoms with Gasteiger partial charge in [0.15, 0.2) is 0 Å². The summed E-state index contributed by atoms with van der Waals surface area (Å²) in [5.74, 6) is -1.58. The van der Waals surface area contributed by atoms with Crippen LogP contribution in [0.25, 0.3) is 0 Å². The lowest BCUT2D eigenvalue weighted by Crippen LogP contribution is -2.38. The summed E-state index contributed by atoms with van der Waals surface area (Å²) in [6.45, 7) is 0.257. The number of hydrogen-bond donors (Lipinski definition) is 1. The maximum absolute atomic E-state index is 12.0. The van der Waals surface area contributed by atoms with Crippen LogP contribution in [0.4, 0.5) is 16.2 Å². The highest BCUT2D eigenvalue weighted by Crippen LogP contribution is 2.32. The van der Waals surface area contributed by atoms with Crippen molar-refractivity contribution in [2.75, 3.05) is 18.0 Å². The van der Waals surface area contributed by atoms with E-state index in [-0.39, 0.29) is 24.3 Å². The Labute approximate surface area is 117 Å². The van der Waals surface area contributed by atoms with Gasteiger partial charge in [0, 0.05) is 12.1 Å². The van der Waals surface area contributed by atoms with Crippen molar-refractivity contribution >= 4 is 29.2 Å². The predicted octanol–water partition coefficient (Wildman–Crippen LogP) is 0.232. The van der Waals surface area contributed by atoms with Gasteiger partial charge in [-0.15, -0.1) is 0 Å². The smallest absolute Gasteiger partial charge is 0.407 e. The fraction of sp³-hybridized carbons (Fsp3) is 0.250. The molecule has 1 aromatic carbocycles.